The van der Waals surface area contributed by atoms with Gasteiger partial charge in [-0.25, -0.2) is 4.98 Å². The highest BCUT2D eigenvalue weighted by Crippen LogP contribution is 2.15. The third kappa shape index (κ3) is 5.54. The highest BCUT2D eigenvalue weighted by molar-refractivity contribution is 5.91. The number of benzene rings is 1. The Balaban J connectivity index is 1.41. The van der Waals surface area contributed by atoms with Crippen LogP contribution in [-0.4, -0.2) is 42.9 Å². The molecule has 0 saturated carbocycles. The van der Waals surface area contributed by atoms with E-state index in [9.17, 15) is 9.59 Å². The quantitative estimate of drug-likeness (QED) is 0.851. The first-order valence-corrected chi connectivity index (χ1v) is 9.46. The van der Waals surface area contributed by atoms with Gasteiger partial charge in [0, 0.05) is 24.6 Å². The van der Waals surface area contributed by atoms with Crippen LogP contribution in [-0.2, 0) is 9.59 Å². The van der Waals surface area contributed by atoms with Crippen LogP contribution >= 0.6 is 0 Å². The van der Waals surface area contributed by atoms with Crippen molar-refractivity contribution in [3.63, 3.8) is 0 Å². The minimum Gasteiger partial charge on any atom is -0.335 e. The van der Waals surface area contributed by atoms with Gasteiger partial charge in [-0.1, -0.05) is 31.2 Å². The molecule has 2 heterocycles. The number of para-hydroxylation sites is 1. The van der Waals surface area contributed by atoms with Crippen molar-refractivity contribution >= 4 is 23.3 Å². The van der Waals surface area contributed by atoms with Gasteiger partial charge in [-0.3, -0.25) is 14.5 Å². The topological polar surface area (TPSA) is 66.8 Å². The lowest BCUT2D eigenvalue weighted by Gasteiger charge is -2.31. The van der Waals surface area contributed by atoms with Crippen molar-refractivity contribution in [1.82, 2.24) is 4.90 Å². The smallest absolute Gasteiger partial charge is 0.274 e. The highest BCUT2D eigenvalue weighted by atomic mass is 16.2. The molecule has 142 valence electrons. The van der Waals surface area contributed by atoms with Crippen LogP contribution in [0.3, 0.4) is 0 Å². The summed E-state index contributed by atoms with van der Waals surface area (Å²) in [6, 6.07) is 15.4. The van der Waals surface area contributed by atoms with Crippen molar-refractivity contribution in [3.8, 4) is 0 Å². The van der Waals surface area contributed by atoms with Crippen molar-refractivity contribution in [3.05, 3.63) is 54.7 Å². The molecule has 1 saturated heterocycles. The zero-order chi connectivity index (χ0) is 19.1. The van der Waals surface area contributed by atoms with E-state index in [0.29, 0.717) is 25.9 Å². The number of hydrogen-bond acceptors (Lipinski definition) is 3. The van der Waals surface area contributed by atoms with Crippen LogP contribution in [0.4, 0.5) is 11.5 Å². The number of hydrogen-bond donors (Lipinski definition) is 1. The van der Waals surface area contributed by atoms with Crippen molar-refractivity contribution in [2.75, 3.05) is 36.4 Å². The van der Waals surface area contributed by atoms with Crippen LogP contribution < -0.4 is 15.2 Å². The fraction of sp³-hybridized carbons (Fsp3) is 0.381. The SMILES string of the molecule is C[C@H](CC(=O)Nc1ccccc1)CC(=O)N1CCN(c2cccc[nH+]2)CC1. The number of amides is 2. The fourth-order valence-electron chi connectivity index (χ4n) is 3.33. The number of H-pyrrole nitrogens is 1. The Morgan fingerprint density at radius 1 is 1.00 bits per heavy atom. The molecule has 1 aliphatic heterocycles. The maximum absolute atomic E-state index is 12.6. The predicted octanol–water partition coefficient (Wildman–Crippen LogP) is 2.20. The number of pyridine rings is 1. The number of piperazine rings is 1. The number of carbonyl (C=O) groups excluding carboxylic acids is 2. The Morgan fingerprint density at radius 3 is 2.37 bits per heavy atom. The summed E-state index contributed by atoms with van der Waals surface area (Å²) in [7, 11) is 0. The fourth-order valence-corrected chi connectivity index (χ4v) is 3.33. The molecule has 6 heteroatoms. The number of aromatic nitrogens is 1. The zero-order valence-electron chi connectivity index (χ0n) is 15.7. The summed E-state index contributed by atoms with van der Waals surface area (Å²) in [6.45, 7) is 5.01. The third-order valence-electron chi connectivity index (χ3n) is 4.78. The summed E-state index contributed by atoms with van der Waals surface area (Å²) in [5.41, 5.74) is 0.787. The molecular formula is C21H27N4O2+. The maximum Gasteiger partial charge on any atom is 0.274 e. The Kier molecular flexibility index (Phi) is 6.41. The second kappa shape index (κ2) is 9.16. The molecule has 0 unspecified atom stereocenters. The van der Waals surface area contributed by atoms with Gasteiger partial charge in [-0.2, -0.15) is 0 Å². The van der Waals surface area contributed by atoms with Gasteiger partial charge in [0.2, 0.25) is 11.8 Å². The van der Waals surface area contributed by atoms with E-state index in [4.69, 9.17) is 0 Å². The Hall–Kier alpha value is -2.89. The van der Waals surface area contributed by atoms with E-state index in [1.165, 1.54) is 0 Å². The summed E-state index contributed by atoms with van der Waals surface area (Å²) < 4.78 is 0. The molecule has 2 amide bonds. The highest BCUT2D eigenvalue weighted by Gasteiger charge is 2.27. The molecule has 1 fully saturated rings. The van der Waals surface area contributed by atoms with Gasteiger partial charge in [-0.15, -0.1) is 0 Å². The molecule has 27 heavy (non-hydrogen) atoms. The molecule has 2 aromatic rings. The number of nitrogens with zero attached hydrogens (tertiary/aromatic N) is 2. The third-order valence-corrected chi connectivity index (χ3v) is 4.78. The van der Waals surface area contributed by atoms with Gasteiger partial charge in [0.15, 0.2) is 0 Å². The van der Waals surface area contributed by atoms with Gasteiger partial charge in [-0.05, 0) is 24.1 Å². The van der Waals surface area contributed by atoms with Gasteiger partial charge < -0.3 is 10.2 Å². The van der Waals surface area contributed by atoms with E-state index in [1.54, 1.807) is 0 Å². The molecule has 6 nitrogen and oxygen atoms in total. The summed E-state index contributed by atoms with van der Waals surface area (Å²) in [5, 5.41) is 2.88. The molecule has 1 aromatic carbocycles. The minimum absolute atomic E-state index is 0.0155. The zero-order valence-corrected chi connectivity index (χ0v) is 15.7. The van der Waals surface area contributed by atoms with Crippen molar-refractivity contribution in [1.29, 1.82) is 0 Å². The van der Waals surface area contributed by atoms with Crippen molar-refractivity contribution < 1.29 is 14.6 Å². The molecule has 1 aromatic heterocycles. The summed E-state index contributed by atoms with van der Waals surface area (Å²) in [4.78, 5) is 32.1. The van der Waals surface area contributed by atoms with Crippen LogP contribution in [0.1, 0.15) is 19.8 Å². The van der Waals surface area contributed by atoms with E-state index in [0.717, 1.165) is 24.6 Å². The lowest BCUT2D eigenvalue weighted by Crippen LogP contribution is -2.50. The van der Waals surface area contributed by atoms with Crippen LogP contribution in [0, 0.1) is 5.92 Å². The first kappa shape index (κ1) is 18.9. The van der Waals surface area contributed by atoms with Gasteiger partial charge in [0.05, 0.1) is 19.3 Å². The molecule has 3 rings (SSSR count). The second-order valence-corrected chi connectivity index (χ2v) is 7.04. The standard InChI is InChI=1S/C21H26N4O2/c1-17(15-20(26)23-18-7-3-2-4-8-18)16-21(27)25-13-11-24(12-14-25)19-9-5-6-10-22-19/h2-10,17H,11-16H2,1H3,(H,23,26)/p+1/t17-/m1/s1. The summed E-state index contributed by atoms with van der Waals surface area (Å²) in [6.07, 6.45) is 2.66. The number of nitrogens with one attached hydrogen (secondary N) is 2. The summed E-state index contributed by atoms with van der Waals surface area (Å²) in [5.74, 6) is 1.18. The first-order chi connectivity index (χ1) is 13.1. The minimum atomic E-state index is -0.0501. The van der Waals surface area contributed by atoms with Gasteiger partial charge in [0.1, 0.15) is 13.1 Å². The summed E-state index contributed by atoms with van der Waals surface area (Å²) >= 11 is 0. The van der Waals surface area contributed by atoms with E-state index in [-0.39, 0.29) is 17.7 Å². The average Bonchev–Trinajstić information content (AvgIpc) is 2.69. The van der Waals surface area contributed by atoms with Crippen LogP contribution in [0.15, 0.2) is 54.7 Å². The molecule has 0 bridgehead atoms. The number of rotatable bonds is 6. The number of aromatic amines is 1. The lowest BCUT2D eigenvalue weighted by atomic mass is 10.0. The van der Waals surface area contributed by atoms with Crippen LogP contribution in [0.5, 0.6) is 0 Å². The van der Waals surface area contributed by atoms with E-state index >= 15 is 0 Å². The van der Waals surface area contributed by atoms with E-state index in [1.807, 2.05) is 66.6 Å². The number of carbonyl (C=O) groups is 2. The normalized spacial score (nSPS) is 15.3. The molecule has 2 N–H and O–H groups in total. The Labute approximate surface area is 160 Å². The molecule has 0 aliphatic carbocycles. The predicted molar refractivity (Wildman–Crippen MR) is 105 cm³/mol. The van der Waals surface area contributed by atoms with Crippen LogP contribution in [0.25, 0.3) is 0 Å². The lowest BCUT2D eigenvalue weighted by molar-refractivity contribution is -0.364. The average molecular weight is 367 g/mol. The van der Waals surface area contributed by atoms with Gasteiger partial charge >= 0.3 is 0 Å². The Morgan fingerprint density at radius 2 is 1.70 bits per heavy atom. The molecular weight excluding hydrogens is 340 g/mol. The Bertz CT molecular complexity index is 743. The monoisotopic (exact) mass is 367 g/mol. The van der Waals surface area contributed by atoms with Gasteiger partial charge in [0.25, 0.3) is 5.82 Å². The number of anilines is 2. The van der Waals surface area contributed by atoms with E-state index in [2.05, 4.69) is 15.2 Å². The largest absolute Gasteiger partial charge is 0.335 e. The van der Waals surface area contributed by atoms with Crippen molar-refractivity contribution in [2.24, 2.45) is 5.92 Å². The van der Waals surface area contributed by atoms with E-state index < -0.39 is 0 Å². The molecule has 0 spiro atoms. The second-order valence-electron chi connectivity index (χ2n) is 7.04. The first-order valence-electron chi connectivity index (χ1n) is 9.46. The molecule has 0 radical (unpaired) electrons. The van der Waals surface area contributed by atoms with Crippen molar-refractivity contribution in [2.45, 2.75) is 19.8 Å². The molecule has 1 aliphatic rings. The molecule has 1 atom stereocenters. The maximum atomic E-state index is 12.6. The van der Waals surface area contributed by atoms with Crippen LogP contribution in [0.2, 0.25) is 0 Å².